The van der Waals surface area contributed by atoms with E-state index in [9.17, 15) is 4.79 Å². The average molecular weight is 263 g/mol. The van der Waals surface area contributed by atoms with Gasteiger partial charge in [0, 0.05) is 13.2 Å². The van der Waals surface area contributed by atoms with E-state index in [1.165, 1.54) is 6.20 Å². The molecule has 0 aliphatic heterocycles. The van der Waals surface area contributed by atoms with E-state index in [2.05, 4.69) is 15.3 Å². The fourth-order valence-electron chi connectivity index (χ4n) is 1.46. The van der Waals surface area contributed by atoms with Crippen molar-refractivity contribution >= 4 is 23.1 Å². The summed E-state index contributed by atoms with van der Waals surface area (Å²) in [5.41, 5.74) is 0.347. The molecule has 1 N–H and O–H groups in total. The molecular weight excluding hydrogens is 250 g/mol. The Morgan fingerprint density at radius 2 is 2.39 bits per heavy atom. The van der Waals surface area contributed by atoms with E-state index in [0.717, 1.165) is 4.88 Å². The molecular formula is C12H13N3O2S. The number of nitrogens with zero attached hydrogens (tertiary/aromatic N) is 2. The number of ether oxygens (including phenoxy) is 1. The smallest absolute Gasteiger partial charge is 0.343 e. The fraction of sp³-hybridized carbons (Fsp3) is 0.250. The van der Waals surface area contributed by atoms with Crippen molar-refractivity contribution in [3.8, 4) is 10.7 Å². The number of rotatable bonds is 4. The van der Waals surface area contributed by atoms with Crippen molar-refractivity contribution in [1.82, 2.24) is 9.97 Å². The highest BCUT2D eigenvalue weighted by Crippen LogP contribution is 2.23. The second kappa shape index (κ2) is 5.59. The number of nitrogens with one attached hydrogen (secondary N) is 1. The van der Waals surface area contributed by atoms with Gasteiger partial charge in [-0.15, -0.1) is 11.3 Å². The Hall–Kier alpha value is -1.95. The van der Waals surface area contributed by atoms with Gasteiger partial charge in [-0.05, 0) is 18.4 Å². The Morgan fingerprint density at radius 1 is 1.56 bits per heavy atom. The van der Waals surface area contributed by atoms with Crippen molar-refractivity contribution in [3.63, 3.8) is 0 Å². The lowest BCUT2D eigenvalue weighted by Gasteiger charge is -2.08. The molecule has 2 heterocycles. The zero-order chi connectivity index (χ0) is 13.0. The van der Waals surface area contributed by atoms with Crippen molar-refractivity contribution in [2.45, 2.75) is 6.92 Å². The van der Waals surface area contributed by atoms with E-state index in [1.54, 1.807) is 25.3 Å². The SMILES string of the molecule is CCOC(=O)c1cnc(-c2cccs2)nc1NC. The molecule has 18 heavy (non-hydrogen) atoms. The van der Waals surface area contributed by atoms with Gasteiger partial charge in [0.05, 0.1) is 11.5 Å². The quantitative estimate of drug-likeness (QED) is 0.858. The monoisotopic (exact) mass is 263 g/mol. The fourth-order valence-corrected chi connectivity index (χ4v) is 2.12. The predicted octanol–water partition coefficient (Wildman–Crippen LogP) is 2.42. The van der Waals surface area contributed by atoms with Gasteiger partial charge < -0.3 is 10.1 Å². The first-order valence-corrected chi connectivity index (χ1v) is 6.40. The van der Waals surface area contributed by atoms with Crippen molar-refractivity contribution in [2.24, 2.45) is 0 Å². The standard InChI is InChI=1S/C12H13N3O2S/c1-3-17-12(16)8-7-14-11(15-10(8)13-2)9-5-4-6-18-9/h4-7H,3H2,1-2H3,(H,13,14,15). The summed E-state index contributed by atoms with van der Waals surface area (Å²) in [4.78, 5) is 21.2. The van der Waals surface area contributed by atoms with Crippen LogP contribution in [-0.2, 0) is 4.74 Å². The molecule has 0 unspecified atom stereocenters. The van der Waals surface area contributed by atoms with Gasteiger partial charge in [0.1, 0.15) is 11.4 Å². The van der Waals surface area contributed by atoms with Crippen LogP contribution in [0.4, 0.5) is 5.82 Å². The minimum Gasteiger partial charge on any atom is -0.462 e. The third-order valence-corrected chi connectivity index (χ3v) is 3.13. The van der Waals surface area contributed by atoms with Gasteiger partial charge in [-0.25, -0.2) is 14.8 Å². The topological polar surface area (TPSA) is 64.1 Å². The first-order chi connectivity index (χ1) is 8.76. The number of carbonyl (C=O) groups is 1. The highest BCUT2D eigenvalue weighted by atomic mass is 32.1. The Kier molecular flexibility index (Phi) is 3.88. The van der Waals surface area contributed by atoms with Crippen LogP contribution in [-0.4, -0.2) is 29.6 Å². The summed E-state index contributed by atoms with van der Waals surface area (Å²) in [6, 6.07) is 3.87. The summed E-state index contributed by atoms with van der Waals surface area (Å²) < 4.78 is 4.94. The maximum absolute atomic E-state index is 11.7. The van der Waals surface area contributed by atoms with Gasteiger partial charge in [0.15, 0.2) is 5.82 Å². The zero-order valence-electron chi connectivity index (χ0n) is 10.1. The Morgan fingerprint density at radius 3 is 3.00 bits per heavy atom. The zero-order valence-corrected chi connectivity index (χ0v) is 11.0. The molecule has 0 aliphatic rings. The summed E-state index contributed by atoms with van der Waals surface area (Å²) >= 11 is 1.55. The van der Waals surface area contributed by atoms with Crippen molar-refractivity contribution in [2.75, 3.05) is 19.0 Å². The molecule has 2 aromatic rings. The molecule has 2 rings (SSSR count). The normalized spacial score (nSPS) is 10.1. The minimum absolute atomic E-state index is 0.328. The van der Waals surface area contributed by atoms with Gasteiger partial charge in [-0.2, -0.15) is 0 Å². The lowest BCUT2D eigenvalue weighted by molar-refractivity contribution is 0.0526. The molecule has 0 aromatic carbocycles. The highest BCUT2D eigenvalue weighted by molar-refractivity contribution is 7.13. The molecule has 0 bridgehead atoms. The van der Waals surface area contributed by atoms with E-state index in [1.807, 2.05) is 17.5 Å². The van der Waals surface area contributed by atoms with Crippen LogP contribution in [0.3, 0.4) is 0 Å². The number of hydrogen-bond acceptors (Lipinski definition) is 6. The summed E-state index contributed by atoms with van der Waals surface area (Å²) in [6.45, 7) is 2.09. The number of thiophene rings is 1. The third kappa shape index (κ3) is 2.48. The van der Waals surface area contributed by atoms with Crippen LogP contribution in [0.2, 0.25) is 0 Å². The highest BCUT2D eigenvalue weighted by Gasteiger charge is 2.15. The van der Waals surface area contributed by atoms with Crippen LogP contribution in [0.1, 0.15) is 17.3 Å². The van der Waals surface area contributed by atoms with Gasteiger partial charge in [0.2, 0.25) is 0 Å². The maximum atomic E-state index is 11.7. The summed E-state index contributed by atoms with van der Waals surface area (Å²) in [6.07, 6.45) is 1.49. The third-order valence-electron chi connectivity index (χ3n) is 2.26. The van der Waals surface area contributed by atoms with Crippen LogP contribution < -0.4 is 5.32 Å². The second-order valence-electron chi connectivity index (χ2n) is 3.40. The van der Waals surface area contributed by atoms with E-state index in [0.29, 0.717) is 23.8 Å². The first kappa shape index (κ1) is 12.5. The molecule has 0 spiro atoms. The number of esters is 1. The molecule has 0 amide bonds. The Labute approximate surface area is 109 Å². The lowest BCUT2D eigenvalue weighted by atomic mass is 10.3. The van der Waals surface area contributed by atoms with Crippen LogP contribution in [0.15, 0.2) is 23.7 Å². The number of anilines is 1. The van der Waals surface area contributed by atoms with Gasteiger partial charge >= 0.3 is 5.97 Å². The lowest BCUT2D eigenvalue weighted by Crippen LogP contribution is -2.10. The van der Waals surface area contributed by atoms with Crippen LogP contribution in [0.5, 0.6) is 0 Å². The molecule has 0 fully saturated rings. The molecule has 94 valence electrons. The van der Waals surface area contributed by atoms with Crippen LogP contribution in [0, 0.1) is 0 Å². The molecule has 5 nitrogen and oxygen atoms in total. The van der Waals surface area contributed by atoms with Crippen LogP contribution >= 0.6 is 11.3 Å². The van der Waals surface area contributed by atoms with E-state index < -0.39 is 5.97 Å². The molecule has 0 saturated carbocycles. The summed E-state index contributed by atoms with van der Waals surface area (Å²) in [5, 5.41) is 4.85. The van der Waals surface area contributed by atoms with Crippen molar-refractivity contribution in [1.29, 1.82) is 0 Å². The molecule has 6 heteroatoms. The van der Waals surface area contributed by atoms with Crippen molar-refractivity contribution < 1.29 is 9.53 Å². The van der Waals surface area contributed by atoms with Gasteiger partial charge in [-0.1, -0.05) is 6.07 Å². The van der Waals surface area contributed by atoms with Crippen LogP contribution in [0.25, 0.3) is 10.7 Å². The molecule has 2 aromatic heterocycles. The first-order valence-electron chi connectivity index (χ1n) is 5.52. The maximum Gasteiger partial charge on any atom is 0.343 e. The molecule has 0 aliphatic carbocycles. The largest absolute Gasteiger partial charge is 0.462 e. The molecule has 0 radical (unpaired) electrons. The number of hydrogen-bond donors (Lipinski definition) is 1. The minimum atomic E-state index is -0.417. The Balaban J connectivity index is 2.37. The van der Waals surface area contributed by atoms with E-state index >= 15 is 0 Å². The van der Waals surface area contributed by atoms with E-state index in [4.69, 9.17) is 4.74 Å². The predicted molar refractivity (Wildman–Crippen MR) is 70.8 cm³/mol. The summed E-state index contributed by atoms with van der Waals surface area (Å²) in [7, 11) is 1.71. The Bertz CT molecular complexity index is 540. The molecule has 0 saturated heterocycles. The average Bonchev–Trinajstić information content (AvgIpc) is 2.92. The van der Waals surface area contributed by atoms with Gasteiger partial charge in [0.25, 0.3) is 0 Å². The number of carbonyl (C=O) groups excluding carboxylic acids is 1. The summed E-state index contributed by atoms with van der Waals surface area (Å²) in [5.74, 6) is 0.661. The second-order valence-corrected chi connectivity index (χ2v) is 4.35. The molecule has 0 atom stereocenters. The van der Waals surface area contributed by atoms with E-state index in [-0.39, 0.29) is 0 Å². The van der Waals surface area contributed by atoms with Gasteiger partial charge in [-0.3, -0.25) is 0 Å². The number of aromatic nitrogens is 2. The van der Waals surface area contributed by atoms with Crippen molar-refractivity contribution in [3.05, 3.63) is 29.3 Å².